The number of hydrogen-bond donors (Lipinski definition) is 3. The Bertz CT molecular complexity index is 1440. The number of aromatic nitrogens is 3. The summed E-state index contributed by atoms with van der Waals surface area (Å²) in [5, 5.41) is 6.98. The molecule has 6 rings (SSSR count). The minimum absolute atomic E-state index is 0.00584. The van der Waals surface area contributed by atoms with Gasteiger partial charge in [0.25, 0.3) is 0 Å². The van der Waals surface area contributed by atoms with Crippen molar-refractivity contribution in [2.75, 3.05) is 36.1 Å². The highest BCUT2D eigenvalue weighted by molar-refractivity contribution is 5.96. The van der Waals surface area contributed by atoms with Crippen LogP contribution in [-0.2, 0) is 17.8 Å². The van der Waals surface area contributed by atoms with E-state index in [1.165, 1.54) is 5.56 Å². The van der Waals surface area contributed by atoms with E-state index in [1.54, 1.807) is 18.5 Å². The van der Waals surface area contributed by atoms with Crippen molar-refractivity contribution in [1.29, 1.82) is 0 Å². The lowest BCUT2D eigenvalue weighted by Crippen LogP contribution is -2.20. The van der Waals surface area contributed by atoms with Crippen LogP contribution in [0.3, 0.4) is 0 Å². The van der Waals surface area contributed by atoms with Gasteiger partial charge in [-0.05, 0) is 48.2 Å². The van der Waals surface area contributed by atoms with Crippen LogP contribution in [0, 0.1) is 12.7 Å². The third-order valence-corrected chi connectivity index (χ3v) is 6.33. The average Bonchev–Trinajstić information content (AvgIpc) is 2.87. The molecular weight excluding hydrogens is 435 g/mol. The highest BCUT2D eigenvalue weighted by Crippen LogP contribution is 2.39. The minimum Gasteiger partial charge on any atom is -0.474 e. The van der Waals surface area contributed by atoms with Gasteiger partial charge < -0.3 is 25.8 Å². The first-order valence-electron chi connectivity index (χ1n) is 11.2. The number of nitrogens with one attached hydrogen (secondary N) is 2. The minimum atomic E-state index is -0.520. The summed E-state index contributed by atoms with van der Waals surface area (Å²) in [6.07, 6.45) is 4.07. The maximum absolute atomic E-state index is 15.3. The topological polar surface area (TPSA) is 107 Å². The van der Waals surface area contributed by atoms with Crippen LogP contribution in [-0.4, -0.2) is 34.7 Å². The summed E-state index contributed by atoms with van der Waals surface area (Å²) in [5.74, 6) is 0.399. The lowest BCUT2D eigenvalue weighted by atomic mass is 9.98. The number of ether oxygens (including phenoxy) is 2. The van der Waals surface area contributed by atoms with Gasteiger partial charge in [-0.25, -0.2) is 19.3 Å². The molecule has 0 bridgehead atoms. The molecule has 0 fully saturated rings. The van der Waals surface area contributed by atoms with Gasteiger partial charge in [0.2, 0.25) is 11.8 Å². The van der Waals surface area contributed by atoms with Gasteiger partial charge in [0, 0.05) is 41.1 Å². The Labute approximate surface area is 195 Å². The number of nitrogens with two attached hydrogens (primary N) is 1. The summed E-state index contributed by atoms with van der Waals surface area (Å²) in [6.45, 7) is 4.45. The van der Waals surface area contributed by atoms with E-state index in [2.05, 4.69) is 31.7 Å². The van der Waals surface area contributed by atoms with Crippen molar-refractivity contribution >= 4 is 33.9 Å². The molecule has 0 atom stereocenters. The molecule has 8 nitrogen and oxygen atoms in total. The molecule has 2 aliphatic heterocycles. The molecule has 0 aliphatic carbocycles. The van der Waals surface area contributed by atoms with Crippen molar-refractivity contribution in [3.05, 3.63) is 59.2 Å². The van der Waals surface area contributed by atoms with Crippen molar-refractivity contribution in [2.24, 2.45) is 0 Å². The lowest BCUT2D eigenvalue weighted by Gasteiger charge is -2.22. The van der Waals surface area contributed by atoms with E-state index < -0.39 is 5.82 Å². The van der Waals surface area contributed by atoms with Crippen LogP contribution in [0.2, 0.25) is 0 Å². The molecule has 2 aromatic carbocycles. The van der Waals surface area contributed by atoms with Crippen molar-refractivity contribution in [3.8, 4) is 17.0 Å². The van der Waals surface area contributed by atoms with Crippen LogP contribution in [0.15, 0.2) is 36.7 Å². The largest absolute Gasteiger partial charge is 0.474 e. The molecule has 4 aromatic rings. The molecule has 4 heterocycles. The molecule has 172 valence electrons. The van der Waals surface area contributed by atoms with Crippen molar-refractivity contribution in [3.63, 3.8) is 0 Å². The maximum atomic E-state index is 15.3. The Hall–Kier alpha value is -3.98. The number of pyridine rings is 1. The number of nitrogens with zero attached hydrogens (tertiary/aromatic N) is 3. The van der Waals surface area contributed by atoms with Gasteiger partial charge in [0.15, 0.2) is 5.82 Å². The highest BCUT2D eigenvalue weighted by atomic mass is 19.1. The van der Waals surface area contributed by atoms with E-state index in [0.29, 0.717) is 53.6 Å². The Kier molecular flexibility index (Phi) is 4.91. The van der Waals surface area contributed by atoms with Crippen LogP contribution in [0.1, 0.15) is 16.7 Å². The molecule has 0 saturated carbocycles. The average molecular weight is 458 g/mol. The second-order valence-electron chi connectivity index (χ2n) is 8.44. The molecule has 0 amide bonds. The fraction of sp³-hybridized carbons (Fsp3) is 0.240. The number of halogens is 1. The smallest absolute Gasteiger partial charge is 0.237 e. The molecule has 0 radical (unpaired) electrons. The predicted molar refractivity (Wildman–Crippen MR) is 129 cm³/mol. The van der Waals surface area contributed by atoms with Crippen molar-refractivity contribution in [1.82, 2.24) is 15.0 Å². The van der Waals surface area contributed by atoms with Gasteiger partial charge in [-0.15, -0.1) is 0 Å². The quantitative estimate of drug-likeness (QED) is 0.389. The van der Waals surface area contributed by atoms with Crippen LogP contribution in [0.4, 0.5) is 27.4 Å². The number of nitrogen functional groups attached to an aromatic ring is 1. The number of anilines is 4. The molecule has 0 spiro atoms. The summed E-state index contributed by atoms with van der Waals surface area (Å²) >= 11 is 0. The summed E-state index contributed by atoms with van der Waals surface area (Å²) in [5.41, 5.74) is 12.6. The van der Waals surface area contributed by atoms with Crippen LogP contribution >= 0.6 is 0 Å². The van der Waals surface area contributed by atoms with Gasteiger partial charge in [0.05, 0.1) is 24.4 Å². The van der Waals surface area contributed by atoms with Crippen LogP contribution < -0.4 is 21.1 Å². The first-order valence-corrected chi connectivity index (χ1v) is 11.2. The Morgan fingerprint density at radius 2 is 2.00 bits per heavy atom. The Morgan fingerprint density at radius 3 is 2.91 bits per heavy atom. The maximum Gasteiger partial charge on any atom is 0.237 e. The fourth-order valence-corrected chi connectivity index (χ4v) is 4.50. The Balaban J connectivity index is 1.40. The summed E-state index contributed by atoms with van der Waals surface area (Å²) in [6, 6.07) is 7.83. The SMILES string of the molecule is Cc1c(-c2cc3nc(Nc4ccc5c(c4)COCC5)ncc3c(N)c2F)cnc2c1NCCO2. The van der Waals surface area contributed by atoms with E-state index in [9.17, 15) is 0 Å². The van der Waals surface area contributed by atoms with E-state index in [-0.39, 0.29) is 5.69 Å². The zero-order chi connectivity index (χ0) is 23.2. The van der Waals surface area contributed by atoms with Crippen molar-refractivity contribution < 1.29 is 13.9 Å². The fourth-order valence-electron chi connectivity index (χ4n) is 4.50. The third-order valence-electron chi connectivity index (χ3n) is 6.33. The molecule has 34 heavy (non-hydrogen) atoms. The molecule has 2 aliphatic rings. The highest BCUT2D eigenvalue weighted by Gasteiger charge is 2.21. The molecule has 4 N–H and O–H groups in total. The Morgan fingerprint density at radius 1 is 1.09 bits per heavy atom. The molecule has 2 aromatic heterocycles. The van der Waals surface area contributed by atoms with Gasteiger partial charge in [-0.1, -0.05) is 6.07 Å². The summed E-state index contributed by atoms with van der Waals surface area (Å²) in [7, 11) is 0. The third kappa shape index (κ3) is 3.45. The number of rotatable bonds is 3. The summed E-state index contributed by atoms with van der Waals surface area (Å²) < 4.78 is 26.5. The lowest BCUT2D eigenvalue weighted by molar-refractivity contribution is 0.111. The first kappa shape index (κ1) is 20.6. The van der Waals surface area contributed by atoms with E-state index in [1.807, 2.05) is 19.1 Å². The van der Waals surface area contributed by atoms with E-state index in [4.69, 9.17) is 15.2 Å². The molecule has 9 heteroatoms. The monoisotopic (exact) mass is 458 g/mol. The number of benzene rings is 2. The van der Waals surface area contributed by atoms with Gasteiger partial charge in [0.1, 0.15) is 12.3 Å². The van der Waals surface area contributed by atoms with Gasteiger partial charge in [-0.3, -0.25) is 0 Å². The van der Waals surface area contributed by atoms with Gasteiger partial charge >= 0.3 is 0 Å². The summed E-state index contributed by atoms with van der Waals surface area (Å²) in [4.78, 5) is 13.4. The number of hydrogen-bond acceptors (Lipinski definition) is 8. The second kappa shape index (κ2) is 8.11. The van der Waals surface area contributed by atoms with Gasteiger partial charge in [-0.2, -0.15) is 0 Å². The zero-order valence-corrected chi connectivity index (χ0v) is 18.6. The predicted octanol–water partition coefficient (Wildman–Crippen LogP) is 4.34. The van der Waals surface area contributed by atoms with E-state index >= 15 is 4.39 Å². The van der Waals surface area contributed by atoms with Crippen LogP contribution in [0.25, 0.3) is 22.0 Å². The molecule has 0 unspecified atom stereocenters. The molecule has 0 saturated heterocycles. The second-order valence-corrected chi connectivity index (χ2v) is 8.44. The standard InChI is InChI=1S/C25H23FN6O2/c1-13-18(10-29-24-23(13)28-5-7-34-24)17-9-20-19(22(27)21(17)26)11-30-25(32-20)31-16-3-2-14-4-6-33-12-15(14)8-16/h2-3,8-11,28H,4-7,12,27H2,1H3,(H,30,31,32). The zero-order valence-electron chi connectivity index (χ0n) is 18.6. The van der Waals surface area contributed by atoms with Crippen LogP contribution in [0.5, 0.6) is 5.88 Å². The normalized spacial score (nSPS) is 14.6. The van der Waals surface area contributed by atoms with E-state index in [0.717, 1.165) is 35.5 Å². The number of fused-ring (bicyclic) bond motifs is 3. The molecular formula is C25H23FN6O2. The van der Waals surface area contributed by atoms with Crippen molar-refractivity contribution in [2.45, 2.75) is 20.0 Å². The first-order chi connectivity index (χ1) is 16.6.